The van der Waals surface area contributed by atoms with E-state index >= 15 is 0 Å². The van der Waals surface area contributed by atoms with Gasteiger partial charge in [0.05, 0.1) is 10.7 Å². The van der Waals surface area contributed by atoms with Gasteiger partial charge in [-0.15, -0.1) is 10.2 Å². The van der Waals surface area contributed by atoms with Crippen LogP contribution in [0.25, 0.3) is 22.3 Å². The summed E-state index contributed by atoms with van der Waals surface area (Å²) in [6.07, 6.45) is 1.89. The van der Waals surface area contributed by atoms with Crippen LogP contribution in [0.1, 0.15) is 0 Å². The number of para-hydroxylation sites is 1. The van der Waals surface area contributed by atoms with Crippen LogP contribution in [0.15, 0.2) is 59.9 Å². The maximum atomic E-state index is 12.2. The standard InChI is InChI=1S/C19H16N6O3S/c1-24-18(15-10-20-16-8-3-2-7-14(15)16)22-23-19(24)29-11-17(26)21-12-5-4-6-13(9-12)25(27)28/h2-10,20H,11H2,1H3,(H,21,26). The molecular formula is C19H16N6O3S. The minimum Gasteiger partial charge on any atom is -0.360 e. The molecule has 0 atom stereocenters. The lowest BCUT2D eigenvalue weighted by molar-refractivity contribution is -0.384. The van der Waals surface area contributed by atoms with Gasteiger partial charge >= 0.3 is 0 Å². The summed E-state index contributed by atoms with van der Waals surface area (Å²) in [5.74, 6) is 0.513. The van der Waals surface area contributed by atoms with E-state index in [2.05, 4.69) is 20.5 Å². The SMILES string of the molecule is Cn1c(SCC(=O)Nc2cccc([N+](=O)[O-])c2)nnc1-c1c[nH]c2ccccc12. The van der Waals surface area contributed by atoms with Crippen LogP contribution in [0.5, 0.6) is 0 Å². The number of hydrogen-bond acceptors (Lipinski definition) is 6. The second-order valence-corrected chi connectivity index (χ2v) is 7.20. The number of non-ortho nitro benzene ring substituents is 1. The van der Waals surface area contributed by atoms with Crippen molar-refractivity contribution in [1.82, 2.24) is 19.7 Å². The number of nitro groups is 1. The zero-order valence-electron chi connectivity index (χ0n) is 15.3. The lowest BCUT2D eigenvalue weighted by Gasteiger charge is -2.05. The number of anilines is 1. The molecule has 0 aliphatic heterocycles. The van der Waals surface area contributed by atoms with Gasteiger partial charge < -0.3 is 14.9 Å². The Labute approximate surface area is 169 Å². The van der Waals surface area contributed by atoms with Crippen LogP contribution in [0.2, 0.25) is 0 Å². The predicted octanol–water partition coefficient (Wildman–Crippen LogP) is 3.60. The molecule has 9 nitrogen and oxygen atoms in total. The number of hydrogen-bond donors (Lipinski definition) is 2. The Morgan fingerprint density at radius 3 is 2.90 bits per heavy atom. The first kappa shape index (κ1) is 18.7. The topological polar surface area (TPSA) is 119 Å². The van der Waals surface area contributed by atoms with E-state index < -0.39 is 4.92 Å². The number of fused-ring (bicyclic) bond motifs is 1. The molecular weight excluding hydrogens is 392 g/mol. The number of thioether (sulfide) groups is 1. The van der Waals surface area contributed by atoms with E-state index in [1.54, 1.807) is 6.07 Å². The quantitative estimate of drug-likeness (QED) is 0.286. The van der Waals surface area contributed by atoms with Crippen molar-refractivity contribution in [2.24, 2.45) is 7.05 Å². The normalized spacial score (nSPS) is 10.9. The largest absolute Gasteiger partial charge is 0.360 e. The van der Waals surface area contributed by atoms with Crippen molar-refractivity contribution in [3.63, 3.8) is 0 Å². The third-order valence-electron chi connectivity index (χ3n) is 4.34. The molecule has 10 heteroatoms. The summed E-state index contributed by atoms with van der Waals surface area (Å²) in [6, 6.07) is 13.7. The Balaban J connectivity index is 1.45. The van der Waals surface area contributed by atoms with Gasteiger partial charge in [0.25, 0.3) is 5.69 Å². The first-order chi connectivity index (χ1) is 14.0. The summed E-state index contributed by atoms with van der Waals surface area (Å²) in [5, 5.41) is 23.6. The van der Waals surface area contributed by atoms with Crippen LogP contribution in [-0.2, 0) is 11.8 Å². The summed E-state index contributed by atoms with van der Waals surface area (Å²) in [4.78, 5) is 25.8. The van der Waals surface area contributed by atoms with Gasteiger partial charge in [0.15, 0.2) is 11.0 Å². The molecule has 4 rings (SSSR count). The summed E-state index contributed by atoms with van der Waals surface area (Å²) < 4.78 is 1.83. The van der Waals surface area contributed by atoms with Crippen LogP contribution in [0.4, 0.5) is 11.4 Å². The second-order valence-electron chi connectivity index (χ2n) is 6.26. The molecule has 0 aliphatic rings. The Morgan fingerprint density at radius 1 is 1.24 bits per heavy atom. The van der Waals surface area contributed by atoms with Gasteiger partial charge in [0, 0.05) is 47.5 Å². The maximum Gasteiger partial charge on any atom is 0.271 e. The molecule has 2 N–H and O–H groups in total. The third-order valence-corrected chi connectivity index (χ3v) is 5.36. The van der Waals surface area contributed by atoms with Crippen molar-refractivity contribution in [2.45, 2.75) is 5.16 Å². The molecule has 2 heterocycles. The first-order valence-corrected chi connectivity index (χ1v) is 9.64. The predicted molar refractivity (Wildman–Crippen MR) is 111 cm³/mol. The summed E-state index contributed by atoms with van der Waals surface area (Å²) in [5.41, 5.74) is 2.24. The number of carbonyl (C=O) groups excluding carboxylic acids is 1. The van der Waals surface area contributed by atoms with E-state index in [-0.39, 0.29) is 17.3 Å². The Morgan fingerprint density at radius 2 is 2.07 bits per heavy atom. The molecule has 4 aromatic rings. The van der Waals surface area contributed by atoms with E-state index in [1.807, 2.05) is 42.1 Å². The molecule has 0 radical (unpaired) electrons. The smallest absolute Gasteiger partial charge is 0.271 e. The van der Waals surface area contributed by atoms with Crippen LogP contribution < -0.4 is 5.32 Å². The number of rotatable bonds is 6. The molecule has 29 heavy (non-hydrogen) atoms. The highest BCUT2D eigenvalue weighted by Crippen LogP contribution is 2.29. The first-order valence-electron chi connectivity index (χ1n) is 8.66. The molecule has 2 aromatic heterocycles. The Kier molecular flexibility index (Phi) is 5.00. The monoisotopic (exact) mass is 408 g/mol. The summed E-state index contributed by atoms with van der Waals surface area (Å²) in [6.45, 7) is 0. The zero-order valence-corrected chi connectivity index (χ0v) is 16.1. The molecule has 1 amide bonds. The van der Waals surface area contributed by atoms with Gasteiger partial charge in [-0.05, 0) is 12.1 Å². The zero-order chi connectivity index (χ0) is 20.4. The fraction of sp³-hybridized carbons (Fsp3) is 0.105. The molecule has 146 valence electrons. The molecule has 2 aromatic carbocycles. The van der Waals surface area contributed by atoms with Crippen molar-refractivity contribution in [2.75, 3.05) is 11.1 Å². The molecule has 0 fully saturated rings. The van der Waals surface area contributed by atoms with Crippen molar-refractivity contribution in [3.05, 3.63) is 64.8 Å². The number of H-pyrrole nitrogens is 1. The Bertz CT molecular complexity index is 1220. The maximum absolute atomic E-state index is 12.2. The van der Waals surface area contributed by atoms with Crippen molar-refractivity contribution in [1.29, 1.82) is 0 Å². The second kappa shape index (κ2) is 7.76. The van der Waals surface area contributed by atoms with E-state index in [1.165, 1.54) is 30.0 Å². The third kappa shape index (κ3) is 3.83. The average molecular weight is 408 g/mol. The fourth-order valence-corrected chi connectivity index (χ4v) is 3.67. The highest BCUT2D eigenvalue weighted by molar-refractivity contribution is 7.99. The van der Waals surface area contributed by atoms with E-state index in [9.17, 15) is 14.9 Å². The van der Waals surface area contributed by atoms with Crippen LogP contribution in [0.3, 0.4) is 0 Å². The molecule has 0 unspecified atom stereocenters. The minimum absolute atomic E-state index is 0.0767. The van der Waals surface area contributed by atoms with E-state index in [0.29, 0.717) is 16.7 Å². The number of carbonyl (C=O) groups is 1. The highest BCUT2D eigenvalue weighted by atomic mass is 32.2. The number of nitrogens with one attached hydrogen (secondary N) is 2. The van der Waals surface area contributed by atoms with Crippen molar-refractivity contribution in [3.8, 4) is 11.4 Å². The molecule has 0 saturated carbocycles. The minimum atomic E-state index is -0.504. The number of benzene rings is 2. The van der Waals surface area contributed by atoms with Gasteiger partial charge in [-0.1, -0.05) is 36.0 Å². The molecule has 0 bridgehead atoms. The van der Waals surface area contributed by atoms with Crippen molar-refractivity contribution >= 4 is 39.9 Å². The van der Waals surface area contributed by atoms with Crippen LogP contribution in [0, 0.1) is 10.1 Å². The van der Waals surface area contributed by atoms with E-state index in [4.69, 9.17) is 0 Å². The van der Waals surface area contributed by atoms with Gasteiger partial charge in [-0.2, -0.15) is 0 Å². The lowest BCUT2D eigenvalue weighted by atomic mass is 10.1. The molecule has 0 spiro atoms. The number of nitrogens with zero attached hydrogens (tertiary/aromatic N) is 4. The number of amides is 1. The number of nitro benzene ring substituents is 1. The molecule has 0 aliphatic carbocycles. The van der Waals surface area contributed by atoms with Gasteiger partial charge in [-0.25, -0.2) is 0 Å². The highest BCUT2D eigenvalue weighted by Gasteiger charge is 2.16. The van der Waals surface area contributed by atoms with Crippen LogP contribution >= 0.6 is 11.8 Å². The van der Waals surface area contributed by atoms with Crippen LogP contribution in [-0.4, -0.2) is 36.3 Å². The molecule has 0 saturated heterocycles. The number of aromatic nitrogens is 4. The number of aromatic amines is 1. The fourth-order valence-electron chi connectivity index (χ4n) is 2.96. The Hall–Kier alpha value is -3.66. The lowest BCUT2D eigenvalue weighted by Crippen LogP contribution is -2.14. The van der Waals surface area contributed by atoms with Crippen molar-refractivity contribution < 1.29 is 9.72 Å². The summed E-state index contributed by atoms with van der Waals surface area (Å²) in [7, 11) is 1.85. The summed E-state index contributed by atoms with van der Waals surface area (Å²) >= 11 is 1.24. The average Bonchev–Trinajstić information content (AvgIpc) is 3.29. The van der Waals surface area contributed by atoms with Gasteiger partial charge in [0.2, 0.25) is 5.91 Å². The van der Waals surface area contributed by atoms with Gasteiger partial charge in [0.1, 0.15) is 0 Å². The van der Waals surface area contributed by atoms with E-state index in [0.717, 1.165) is 16.5 Å². The van der Waals surface area contributed by atoms with Gasteiger partial charge in [-0.3, -0.25) is 14.9 Å².